The molecule has 1 aliphatic rings. The minimum absolute atomic E-state index is 0. The zero-order valence-corrected chi connectivity index (χ0v) is 11.7. The van der Waals surface area contributed by atoms with Gasteiger partial charge in [0.05, 0.1) is 5.69 Å². The Hall–Kier alpha value is -0.960. The maximum absolute atomic E-state index is 11.6. The molecule has 0 unspecified atom stereocenters. The fourth-order valence-corrected chi connectivity index (χ4v) is 2.35. The number of nitrogens with one attached hydrogen (secondary N) is 1. The molecule has 0 aromatic carbocycles. The number of anilines is 1. The van der Waals surface area contributed by atoms with E-state index in [0.29, 0.717) is 0 Å². The number of carboxylic acids is 1. The average Bonchev–Trinajstić information content (AvgIpc) is 2.15. The van der Waals surface area contributed by atoms with E-state index in [-0.39, 0.29) is 46.1 Å². The number of hydrogen-bond donors (Lipinski definition) is 1. The van der Waals surface area contributed by atoms with Crippen molar-refractivity contribution in [3.05, 3.63) is 18.3 Å². The van der Waals surface area contributed by atoms with Crippen LogP contribution in [-0.2, 0) is 14.8 Å². The number of carboxylic acid groups (broad SMARTS) is 1. The second-order valence-corrected chi connectivity index (χ2v) is 4.56. The number of amidine groups is 1. The fourth-order valence-electron chi connectivity index (χ4n) is 1.27. The zero-order chi connectivity index (χ0) is 11.8. The molecule has 7 nitrogen and oxygen atoms in total. The Bertz CT molecular complexity index is 584. The van der Waals surface area contributed by atoms with Crippen LogP contribution in [0.1, 0.15) is 6.42 Å². The topological polar surface area (TPSA) is 112 Å². The number of fused-ring (bicyclic) bond motifs is 1. The summed E-state index contributed by atoms with van der Waals surface area (Å²) in [7, 11) is -3.91. The number of carbonyl (C=O) groups excluding carboxylic acids is 1. The third-order valence-corrected chi connectivity index (χ3v) is 3.11. The molecule has 0 saturated carbocycles. The van der Waals surface area contributed by atoms with Crippen LogP contribution >= 0.6 is 0 Å². The van der Waals surface area contributed by atoms with E-state index in [0.717, 1.165) is 0 Å². The molecule has 17 heavy (non-hydrogen) atoms. The van der Waals surface area contributed by atoms with Crippen LogP contribution in [0, 0.1) is 0 Å². The van der Waals surface area contributed by atoms with Crippen molar-refractivity contribution in [2.45, 2.75) is 11.4 Å². The molecule has 1 aromatic rings. The molecule has 0 amide bonds. The number of sulfonamides is 1. The first-order chi connectivity index (χ1) is 7.49. The van der Waals surface area contributed by atoms with E-state index in [1.807, 2.05) is 0 Å². The van der Waals surface area contributed by atoms with Crippen molar-refractivity contribution in [1.82, 2.24) is 4.98 Å². The summed E-state index contributed by atoms with van der Waals surface area (Å²) in [6, 6.07) is 3.01. The molecule has 0 saturated heterocycles. The Balaban J connectivity index is 0.00000144. The van der Waals surface area contributed by atoms with E-state index in [1.54, 1.807) is 0 Å². The van der Waals surface area contributed by atoms with E-state index >= 15 is 0 Å². The van der Waals surface area contributed by atoms with Crippen LogP contribution in [0.15, 0.2) is 27.8 Å². The minimum atomic E-state index is -3.91. The van der Waals surface area contributed by atoms with Gasteiger partial charge in [0.25, 0.3) is 0 Å². The summed E-state index contributed by atoms with van der Waals surface area (Å²) in [6.45, 7) is 0. The van der Waals surface area contributed by atoms with Gasteiger partial charge in [0, 0.05) is 18.6 Å². The molecule has 0 aliphatic carbocycles. The molecule has 0 spiro atoms. The summed E-state index contributed by atoms with van der Waals surface area (Å²) in [5.41, 5.74) is 0.216. The number of rotatable bonds is 2. The number of hydrogen-bond acceptors (Lipinski definition) is 6. The third-order valence-electron chi connectivity index (χ3n) is 1.84. The van der Waals surface area contributed by atoms with E-state index in [9.17, 15) is 18.3 Å². The number of aromatic nitrogens is 1. The number of aliphatic carboxylic acids is 1. The molecular formula is C8H6N3NaO4S. The standard InChI is InChI=1S/C8H7N3O4S.Na/c12-7(13)4-6-10-5-2-1-3-9-8(5)16(14,15)11-6;/h1-3H,4H2,(H,10,11)(H,12,13);/q;+1/p-1. The number of carbonyl (C=O) groups is 1. The van der Waals surface area contributed by atoms with E-state index < -0.39 is 22.4 Å². The molecule has 0 radical (unpaired) electrons. The van der Waals surface area contributed by atoms with Gasteiger partial charge in [-0.05, 0) is 12.1 Å². The molecule has 2 rings (SSSR count). The SMILES string of the molecule is O=C([O-])CC1=NS(=O)(=O)c2ncccc2N1.[Na+]. The summed E-state index contributed by atoms with van der Waals surface area (Å²) < 4.78 is 26.4. The van der Waals surface area contributed by atoms with Crippen LogP contribution in [0.2, 0.25) is 0 Å². The minimum Gasteiger partial charge on any atom is -0.550 e. The van der Waals surface area contributed by atoms with Gasteiger partial charge in [0.1, 0.15) is 5.84 Å². The second-order valence-electron chi connectivity index (χ2n) is 3.04. The Morgan fingerprint density at radius 2 is 2.18 bits per heavy atom. The maximum atomic E-state index is 11.6. The van der Waals surface area contributed by atoms with Crippen LogP contribution in [0.25, 0.3) is 0 Å². The molecular weight excluding hydrogens is 257 g/mol. The van der Waals surface area contributed by atoms with Gasteiger partial charge in [-0.2, -0.15) is 8.42 Å². The van der Waals surface area contributed by atoms with Crippen LogP contribution in [0.4, 0.5) is 5.69 Å². The van der Waals surface area contributed by atoms with Gasteiger partial charge in [0.15, 0.2) is 0 Å². The van der Waals surface area contributed by atoms with Crippen LogP contribution in [0.3, 0.4) is 0 Å². The van der Waals surface area contributed by atoms with E-state index in [1.165, 1.54) is 18.3 Å². The Morgan fingerprint density at radius 3 is 2.82 bits per heavy atom. The van der Waals surface area contributed by atoms with E-state index in [2.05, 4.69) is 14.7 Å². The predicted octanol–water partition coefficient (Wildman–Crippen LogP) is -4.26. The maximum Gasteiger partial charge on any atom is 1.00 e. The van der Waals surface area contributed by atoms with Gasteiger partial charge in [-0.1, -0.05) is 0 Å². The first kappa shape index (κ1) is 14.1. The van der Waals surface area contributed by atoms with Crippen LogP contribution in [-0.4, -0.2) is 25.2 Å². The van der Waals surface area contributed by atoms with Gasteiger partial charge < -0.3 is 15.2 Å². The monoisotopic (exact) mass is 263 g/mol. The summed E-state index contributed by atoms with van der Waals surface area (Å²) in [6.07, 6.45) is 0.727. The largest absolute Gasteiger partial charge is 1.00 e. The summed E-state index contributed by atoms with van der Waals surface area (Å²) in [5, 5.41) is 12.7. The Labute approximate surface area is 119 Å². The van der Waals surface area contributed by atoms with Crippen molar-refractivity contribution in [2.24, 2.45) is 4.40 Å². The molecule has 0 fully saturated rings. The number of nitrogens with zero attached hydrogens (tertiary/aromatic N) is 2. The summed E-state index contributed by atoms with van der Waals surface area (Å²) >= 11 is 0. The predicted molar refractivity (Wildman–Crippen MR) is 52.1 cm³/mol. The molecule has 1 N–H and O–H groups in total. The molecule has 9 heteroatoms. The Morgan fingerprint density at radius 1 is 1.47 bits per heavy atom. The van der Waals surface area contributed by atoms with Crippen molar-refractivity contribution < 1.29 is 47.9 Å². The molecule has 0 atom stereocenters. The van der Waals surface area contributed by atoms with Crippen molar-refractivity contribution >= 4 is 27.5 Å². The molecule has 0 bridgehead atoms. The molecule has 84 valence electrons. The van der Waals surface area contributed by atoms with Crippen molar-refractivity contribution in [2.75, 3.05) is 5.32 Å². The normalized spacial score (nSPS) is 15.9. The molecule has 1 aromatic heterocycles. The van der Waals surface area contributed by atoms with Crippen molar-refractivity contribution in [3.8, 4) is 0 Å². The molecule has 1 aliphatic heterocycles. The zero-order valence-electron chi connectivity index (χ0n) is 8.87. The smallest absolute Gasteiger partial charge is 0.550 e. The first-order valence-corrected chi connectivity index (χ1v) is 5.69. The van der Waals surface area contributed by atoms with Crippen LogP contribution in [0.5, 0.6) is 0 Å². The quantitative estimate of drug-likeness (QED) is 0.541. The number of pyridine rings is 1. The van der Waals surface area contributed by atoms with Gasteiger partial charge in [0.2, 0.25) is 5.03 Å². The third kappa shape index (κ3) is 3.03. The summed E-state index contributed by atoms with van der Waals surface area (Å²) in [4.78, 5) is 14.0. The second kappa shape index (κ2) is 5.13. The van der Waals surface area contributed by atoms with E-state index in [4.69, 9.17) is 0 Å². The van der Waals surface area contributed by atoms with Crippen molar-refractivity contribution in [1.29, 1.82) is 0 Å². The van der Waals surface area contributed by atoms with Crippen molar-refractivity contribution in [3.63, 3.8) is 0 Å². The first-order valence-electron chi connectivity index (χ1n) is 4.25. The average molecular weight is 263 g/mol. The Kier molecular flexibility index (Phi) is 4.26. The molecule has 2 heterocycles. The van der Waals surface area contributed by atoms with Gasteiger partial charge in [-0.15, -0.1) is 4.40 Å². The van der Waals surface area contributed by atoms with Crippen LogP contribution < -0.4 is 40.0 Å². The van der Waals surface area contributed by atoms with Gasteiger partial charge in [-0.25, -0.2) is 4.98 Å². The fraction of sp³-hybridized carbons (Fsp3) is 0.125. The summed E-state index contributed by atoms with van der Waals surface area (Å²) in [5.74, 6) is -1.59. The van der Waals surface area contributed by atoms with Gasteiger partial charge >= 0.3 is 39.6 Å². The van der Waals surface area contributed by atoms with Gasteiger partial charge in [-0.3, -0.25) is 0 Å².